The number of carbonyl (C=O) groups excluding carboxylic acids is 1. The summed E-state index contributed by atoms with van der Waals surface area (Å²) in [6, 6.07) is 10.2. The van der Waals surface area contributed by atoms with E-state index in [1.54, 1.807) is 11.3 Å². The molecular formula is C19H22N2OS. The number of amides is 1. The first kappa shape index (κ1) is 14.9. The lowest BCUT2D eigenvalue weighted by Crippen LogP contribution is -2.20. The van der Waals surface area contributed by atoms with Crippen LogP contribution in [0.25, 0.3) is 11.3 Å². The Morgan fingerprint density at radius 3 is 2.78 bits per heavy atom. The summed E-state index contributed by atoms with van der Waals surface area (Å²) in [7, 11) is 0. The van der Waals surface area contributed by atoms with Gasteiger partial charge < -0.3 is 5.32 Å². The van der Waals surface area contributed by atoms with Crippen molar-refractivity contribution in [2.45, 2.75) is 39.0 Å². The summed E-state index contributed by atoms with van der Waals surface area (Å²) in [6.07, 6.45) is 5.99. The molecule has 0 unspecified atom stereocenters. The number of carbonyl (C=O) groups is 1. The number of aromatic nitrogens is 1. The number of benzene rings is 1. The van der Waals surface area contributed by atoms with Crippen molar-refractivity contribution in [3.05, 3.63) is 35.2 Å². The number of hydrogen-bond donors (Lipinski definition) is 1. The van der Waals surface area contributed by atoms with Gasteiger partial charge >= 0.3 is 0 Å². The van der Waals surface area contributed by atoms with Crippen LogP contribution >= 0.6 is 11.3 Å². The number of nitrogens with one attached hydrogen (secondary N) is 1. The van der Waals surface area contributed by atoms with Gasteiger partial charge in [-0.3, -0.25) is 4.79 Å². The average molecular weight is 326 g/mol. The van der Waals surface area contributed by atoms with Crippen LogP contribution in [0.4, 0.5) is 5.13 Å². The quantitative estimate of drug-likeness (QED) is 0.869. The minimum Gasteiger partial charge on any atom is -0.302 e. The molecule has 3 nitrogen and oxygen atoms in total. The second kappa shape index (κ2) is 6.08. The summed E-state index contributed by atoms with van der Waals surface area (Å²) in [5.41, 5.74) is 2.08. The van der Waals surface area contributed by atoms with E-state index in [2.05, 4.69) is 29.4 Å². The van der Waals surface area contributed by atoms with Crippen molar-refractivity contribution >= 4 is 22.4 Å². The van der Waals surface area contributed by atoms with Gasteiger partial charge in [0.15, 0.2) is 5.13 Å². The van der Waals surface area contributed by atoms with Crippen LogP contribution in [0.2, 0.25) is 0 Å². The molecule has 2 fully saturated rings. The smallest absolute Gasteiger partial charge is 0.226 e. The second-order valence-electron chi connectivity index (χ2n) is 6.98. The first-order valence-corrected chi connectivity index (χ1v) is 9.33. The molecule has 1 aromatic heterocycles. The van der Waals surface area contributed by atoms with Crippen LogP contribution in [0.3, 0.4) is 0 Å². The summed E-state index contributed by atoms with van der Waals surface area (Å²) in [6.45, 7) is 2.06. The lowest BCUT2D eigenvalue weighted by Gasteiger charge is -2.20. The Balaban J connectivity index is 1.42. The highest BCUT2D eigenvalue weighted by Crippen LogP contribution is 2.49. The van der Waals surface area contributed by atoms with Crippen molar-refractivity contribution in [3.8, 4) is 11.3 Å². The molecule has 0 radical (unpaired) electrons. The fourth-order valence-corrected chi connectivity index (χ4v) is 5.20. The first-order valence-electron chi connectivity index (χ1n) is 8.51. The van der Waals surface area contributed by atoms with E-state index in [4.69, 9.17) is 0 Å². The van der Waals surface area contributed by atoms with Crippen molar-refractivity contribution in [1.29, 1.82) is 0 Å². The minimum absolute atomic E-state index is 0.135. The summed E-state index contributed by atoms with van der Waals surface area (Å²) in [5, 5.41) is 3.76. The maximum atomic E-state index is 12.4. The summed E-state index contributed by atoms with van der Waals surface area (Å²) in [4.78, 5) is 18.1. The Labute approximate surface area is 141 Å². The second-order valence-corrected chi connectivity index (χ2v) is 8.18. The molecule has 1 aromatic carbocycles. The Morgan fingerprint density at radius 1 is 1.26 bits per heavy atom. The minimum atomic E-state index is 0.135. The maximum Gasteiger partial charge on any atom is 0.226 e. The number of hydrogen-bond acceptors (Lipinski definition) is 3. The number of nitrogens with zero attached hydrogens (tertiary/aromatic N) is 1. The predicted molar refractivity (Wildman–Crippen MR) is 94.5 cm³/mol. The molecule has 2 aliphatic rings. The van der Waals surface area contributed by atoms with Gasteiger partial charge in [0.2, 0.25) is 5.91 Å². The molecule has 1 N–H and O–H groups in total. The number of anilines is 1. The molecule has 2 saturated carbocycles. The highest BCUT2D eigenvalue weighted by molar-refractivity contribution is 7.16. The van der Waals surface area contributed by atoms with E-state index in [1.807, 2.05) is 18.2 Å². The number of thiazole rings is 1. The molecule has 120 valence electrons. The zero-order valence-corrected chi connectivity index (χ0v) is 14.2. The maximum absolute atomic E-state index is 12.4. The first-order chi connectivity index (χ1) is 11.2. The van der Waals surface area contributed by atoms with Gasteiger partial charge in [-0.15, -0.1) is 11.3 Å². The largest absolute Gasteiger partial charge is 0.302 e. The standard InChI is InChI=1S/C19H22N2OS/c1-12-18(14-5-3-2-4-6-14)21-19(23-12)20-17(22)11-16-10-13-7-8-15(16)9-13/h2-6,13,15-16H,7-11H2,1H3,(H,20,21,22)/t13-,15-,16-/m0/s1. The molecule has 2 aliphatic carbocycles. The van der Waals surface area contributed by atoms with Gasteiger partial charge in [-0.2, -0.15) is 0 Å². The molecule has 0 saturated heterocycles. The van der Waals surface area contributed by atoms with E-state index in [9.17, 15) is 4.79 Å². The van der Waals surface area contributed by atoms with Crippen LogP contribution < -0.4 is 5.32 Å². The molecule has 4 rings (SSSR count). The summed E-state index contributed by atoms with van der Waals surface area (Å²) < 4.78 is 0. The topological polar surface area (TPSA) is 42.0 Å². The molecule has 2 aromatic rings. The van der Waals surface area contributed by atoms with E-state index >= 15 is 0 Å². The molecule has 1 heterocycles. The van der Waals surface area contributed by atoms with Gasteiger partial charge in [0.25, 0.3) is 0 Å². The third-order valence-electron chi connectivity index (χ3n) is 5.42. The van der Waals surface area contributed by atoms with Crippen molar-refractivity contribution in [1.82, 2.24) is 4.98 Å². The predicted octanol–water partition coefficient (Wildman–Crippen LogP) is 4.88. The van der Waals surface area contributed by atoms with Crippen molar-refractivity contribution in [2.75, 3.05) is 5.32 Å². The molecule has 4 heteroatoms. The monoisotopic (exact) mass is 326 g/mol. The summed E-state index contributed by atoms with van der Waals surface area (Å²) >= 11 is 1.57. The lowest BCUT2D eigenvalue weighted by molar-refractivity contribution is -0.117. The van der Waals surface area contributed by atoms with Crippen molar-refractivity contribution in [2.24, 2.45) is 17.8 Å². The Hall–Kier alpha value is -1.68. The van der Waals surface area contributed by atoms with Crippen LogP contribution in [0, 0.1) is 24.7 Å². The molecule has 0 spiro atoms. The van der Waals surface area contributed by atoms with Gasteiger partial charge in [0.05, 0.1) is 5.69 Å². The molecule has 3 atom stereocenters. The normalized spacial score (nSPS) is 25.7. The van der Waals surface area contributed by atoms with Gasteiger partial charge in [-0.05, 0) is 43.9 Å². The fourth-order valence-electron chi connectivity index (χ4n) is 4.35. The van der Waals surface area contributed by atoms with Gasteiger partial charge in [-0.1, -0.05) is 36.8 Å². The highest BCUT2D eigenvalue weighted by atomic mass is 32.1. The highest BCUT2D eigenvalue weighted by Gasteiger charge is 2.40. The molecule has 23 heavy (non-hydrogen) atoms. The van der Waals surface area contributed by atoms with E-state index in [0.717, 1.165) is 33.1 Å². The van der Waals surface area contributed by atoms with Gasteiger partial charge in [0, 0.05) is 16.9 Å². The van der Waals surface area contributed by atoms with E-state index in [-0.39, 0.29) is 5.91 Å². The number of rotatable bonds is 4. The van der Waals surface area contributed by atoms with Crippen LogP contribution in [-0.2, 0) is 4.79 Å². The lowest BCUT2D eigenvalue weighted by atomic mass is 9.86. The van der Waals surface area contributed by atoms with Crippen molar-refractivity contribution < 1.29 is 4.79 Å². The fraction of sp³-hybridized carbons (Fsp3) is 0.474. The third-order valence-corrected chi connectivity index (χ3v) is 6.31. The molecular weight excluding hydrogens is 304 g/mol. The van der Waals surface area contributed by atoms with Crippen LogP contribution in [-0.4, -0.2) is 10.9 Å². The SMILES string of the molecule is Cc1sc(NC(=O)C[C@@H]2C[C@H]3CC[C@H]2C3)nc1-c1ccccc1. The summed E-state index contributed by atoms with van der Waals surface area (Å²) in [5.74, 6) is 2.42. The van der Waals surface area contributed by atoms with Crippen LogP contribution in [0.5, 0.6) is 0 Å². The molecule has 0 aliphatic heterocycles. The Kier molecular flexibility index (Phi) is 3.93. The number of aryl methyl sites for hydroxylation is 1. The number of fused-ring (bicyclic) bond motifs is 2. The Morgan fingerprint density at radius 2 is 2.09 bits per heavy atom. The molecule has 1 amide bonds. The van der Waals surface area contributed by atoms with Gasteiger partial charge in [0.1, 0.15) is 0 Å². The zero-order valence-electron chi connectivity index (χ0n) is 13.4. The third kappa shape index (κ3) is 3.05. The van der Waals surface area contributed by atoms with Crippen LogP contribution in [0.1, 0.15) is 37.0 Å². The van der Waals surface area contributed by atoms with E-state index in [0.29, 0.717) is 12.3 Å². The average Bonchev–Trinajstić information content (AvgIpc) is 3.24. The van der Waals surface area contributed by atoms with Gasteiger partial charge in [-0.25, -0.2) is 4.98 Å². The molecule has 2 bridgehead atoms. The Bertz CT molecular complexity index is 709. The van der Waals surface area contributed by atoms with Crippen molar-refractivity contribution in [3.63, 3.8) is 0 Å². The van der Waals surface area contributed by atoms with Crippen LogP contribution in [0.15, 0.2) is 30.3 Å². The zero-order chi connectivity index (χ0) is 15.8. The van der Waals surface area contributed by atoms with E-state index < -0.39 is 0 Å². The van der Waals surface area contributed by atoms with E-state index in [1.165, 1.54) is 25.7 Å².